The van der Waals surface area contributed by atoms with Gasteiger partial charge in [0.1, 0.15) is 4.83 Å². The second-order valence-corrected chi connectivity index (χ2v) is 7.44. The number of nitrogens with zero attached hydrogens (tertiary/aromatic N) is 2. The number of Topliss-reactive ketones (excluding diaryl/α,β-unsaturated/α-hetero) is 1. The molecule has 0 atom stereocenters. The van der Waals surface area contributed by atoms with Gasteiger partial charge in [0.15, 0.2) is 5.78 Å². The molecule has 0 saturated carbocycles. The Bertz CT molecular complexity index is 1160. The molecule has 0 amide bonds. The first-order valence-electron chi connectivity index (χ1n) is 8.82. The maximum atomic E-state index is 12.6. The summed E-state index contributed by atoms with van der Waals surface area (Å²) >= 11 is 1.53. The van der Waals surface area contributed by atoms with Crippen LogP contribution >= 0.6 is 11.3 Å². The number of ketones is 1. The molecule has 27 heavy (non-hydrogen) atoms. The maximum absolute atomic E-state index is 12.6. The minimum atomic E-state index is -0.162. The van der Waals surface area contributed by atoms with Gasteiger partial charge in [-0.15, -0.1) is 11.3 Å². The van der Waals surface area contributed by atoms with Crippen molar-refractivity contribution in [2.75, 3.05) is 0 Å². The molecule has 2 aromatic carbocycles. The number of carbonyl (C=O) groups excluding carboxylic acids is 1. The number of aromatic nitrogens is 2. The molecule has 0 aliphatic heterocycles. The maximum Gasteiger partial charge on any atom is 0.262 e. The number of thiophene rings is 1. The number of fused-ring (bicyclic) bond motifs is 1. The summed E-state index contributed by atoms with van der Waals surface area (Å²) < 4.78 is 1.39. The Kier molecular flexibility index (Phi) is 4.69. The van der Waals surface area contributed by atoms with Crippen LogP contribution in [-0.2, 0) is 13.0 Å². The van der Waals surface area contributed by atoms with E-state index in [9.17, 15) is 9.59 Å². The van der Waals surface area contributed by atoms with Crippen molar-refractivity contribution in [3.8, 4) is 11.1 Å². The van der Waals surface area contributed by atoms with E-state index in [-0.39, 0.29) is 17.9 Å². The number of rotatable bonds is 5. The first kappa shape index (κ1) is 17.4. The molecule has 0 spiro atoms. The fourth-order valence-corrected chi connectivity index (χ4v) is 3.95. The van der Waals surface area contributed by atoms with Crippen molar-refractivity contribution in [3.63, 3.8) is 0 Å². The third kappa shape index (κ3) is 3.46. The number of hydrogen-bond donors (Lipinski definition) is 0. The van der Waals surface area contributed by atoms with Crippen molar-refractivity contribution >= 4 is 27.3 Å². The van der Waals surface area contributed by atoms with Gasteiger partial charge in [-0.2, -0.15) is 0 Å². The molecule has 4 rings (SSSR count). The van der Waals surface area contributed by atoms with Crippen LogP contribution in [0.15, 0.2) is 71.8 Å². The summed E-state index contributed by atoms with van der Waals surface area (Å²) in [7, 11) is 0. The highest BCUT2D eigenvalue weighted by Gasteiger charge is 2.12. The molecule has 4 aromatic rings. The van der Waals surface area contributed by atoms with E-state index in [4.69, 9.17) is 0 Å². The quantitative estimate of drug-likeness (QED) is 0.481. The Morgan fingerprint density at radius 1 is 1.04 bits per heavy atom. The third-order valence-corrected chi connectivity index (χ3v) is 5.73. The normalized spacial score (nSPS) is 11.0. The van der Waals surface area contributed by atoms with Crippen molar-refractivity contribution in [2.24, 2.45) is 0 Å². The molecule has 0 radical (unpaired) electrons. The highest BCUT2D eigenvalue weighted by atomic mass is 32.1. The standard InChI is InChI=1S/C22H18N2O2S/c1-2-18-12-19-21(27-18)23-14-24(22(19)26)13-20(25)17-10-8-16(9-11-17)15-6-4-3-5-7-15/h3-12,14H,2,13H2,1H3. The fraction of sp³-hybridized carbons (Fsp3) is 0.136. The van der Waals surface area contributed by atoms with Crippen LogP contribution in [0.25, 0.3) is 21.3 Å². The Morgan fingerprint density at radius 3 is 2.44 bits per heavy atom. The van der Waals surface area contributed by atoms with Gasteiger partial charge in [0.2, 0.25) is 0 Å². The van der Waals surface area contributed by atoms with Crippen molar-refractivity contribution in [2.45, 2.75) is 19.9 Å². The van der Waals surface area contributed by atoms with Crippen molar-refractivity contribution in [1.82, 2.24) is 9.55 Å². The van der Waals surface area contributed by atoms with E-state index in [1.807, 2.05) is 55.5 Å². The summed E-state index contributed by atoms with van der Waals surface area (Å²) in [4.78, 5) is 31.5. The smallest absolute Gasteiger partial charge is 0.262 e. The van der Waals surface area contributed by atoms with Gasteiger partial charge >= 0.3 is 0 Å². The molecule has 2 heterocycles. The summed E-state index contributed by atoms with van der Waals surface area (Å²) in [5.74, 6) is -0.108. The second-order valence-electron chi connectivity index (χ2n) is 6.33. The summed E-state index contributed by atoms with van der Waals surface area (Å²) in [6, 6.07) is 19.4. The zero-order chi connectivity index (χ0) is 18.8. The van der Waals surface area contributed by atoms with Crippen LogP contribution < -0.4 is 5.56 Å². The van der Waals surface area contributed by atoms with E-state index in [0.717, 1.165) is 27.3 Å². The van der Waals surface area contributed by atoms with Gasteiger partial charge in [-0.05, 0) is 23.6 Å². The van der Waals surface area contributed by atoms with E-state index in [1.54, 1.807) is 12.1 Å². The average molecular weight is 374 g/mol. The van der Waals surface area contributed by atoms with E-state index in [2.05, 4.69) is 4.98 Å². The Balaban J connectivity index is 1.58. The summed E-state index contributed by atoms with van der Waals surface area (Å²) in [6.07, 6.45) is 2.34. The fourth-order valence-electron chi connectivity index (χ4n) is 3.02. The van der Waals surface area contributed by atoms with E-state index < -0.39 is 0 Å². The van der Waals surface area contributed by atoms with E-state index >= 15 is 0 Å². The lowest BCUT2D eigenvalue weighted by Gasteiger charge is -2.06. The van der Waals surface area contributed by atoms with Crippen LogP contribution in [0.2, 0.25) is 0 Å². The lowest BCUT2D eigenvalue weighted by Crippen LogP contribution is -2.24. The van der Waals surface area contributed by atoms with Gasteiger partial charge in [0.25, 0.3) is 5.56 Å². The lowest BCUT2D eigenvalue weighted by atomic mass is 10.0. The molecule has 0 N–H and O–H groups in total. The van der Waals surface area contributed by atoms with E-state index in [1.165, 1.54) is 22.2 Å². The zero-order valence-electron chi connectivity index (χ0n) is 14.9. The largest absolute Gasteiger partial charge is 0.292 e. The van der Waals surface area contributed by atoms with Crippen LogP contribution in [-0.4, -0.2) is 15.3 Å². The molecule has 2 aromatic heterocycles. The molecule has 0 unspecified atom stereocenters. The molecule has 134 valence electrons. The van der Waals surface area contributed by atoms with Crippen LogP contribution in [0.3, 0.4) is 0 Å². The van der Waals surface area contributed by atoms with Crippen LogP contribution in [0.4, 0.5) is 0 Å². The Hall–Kier alpha value is -3.05. The minimum Gasteiger partial charge on any atom is -0.292 e. The second kappa shape index (κ2) is 7.29. The molecule has 0 saturated heterocycles. The third-order valence-electron chi connectivity index (χ3n) is 4.55. The minimum absolute atomic E-state index is 0.0102. The highest BCUT2D eigenvalue weighted by Crippen LogP contribution is 2.21. The van der Waals surface area contributed by atoms with Gasteiger partial charge in [0, 0.05) is 10.4 Å². The van der Waals surface area contributed by atoms with E-state index in [0.29, 0.717) is 10.9 Å². The average Bonchev–Trinajstić information content (AvgIpc) is 3.15. The SMILES string of the molecule is CCc1cc2c(=O)n(CC(=O)c3ccc(-c4ccccc4)cc3)cnc2s1. The summed E-state index contributed by atoms with van der Waals surface area (Å²) in [5.41, 5.74) is 2.58. The lowest BCUT2D eigenvalue weighted by molar-refractivity contribution is 0.0970. The van der Waals surface area contributed by atoms with Crippen LogP contribution in [0.5, 0.6) is 0 Å². The van der Waals surface area contributed by atoms with Gasteiger partial charge in [0.05, 0.1) is 18.3 Å². The summed E-state index contributed by atoms with van der Waals surface area (Å²) in [6.45, 7) is 2.04. The molecule has 0 aliphatic carbocycles. The predicted octanol–water partition coefficient (Wildman–Crippen LogP) is 4.57. The molecule has 4 nitrogen and oxygen atoms in total. The van der Waals surface area contributed by atoms with Gasteiger partial charge in [-0.1, -0.05) is 61.5 Å². The molecule has 0 bridgehead atoms. The van der Waals surface area contributed by atoms with Gasteiger partial charge in [-0.25, -0.2) is 4.98 Å². The van der Waals surface area contributed by atoms with Crippen LogP contribution in [0.1, 0.15) is 22.2 Å². The predicted molar refractivity (Wildman–Crippen MR) is 109 cm³/mol. The van der Waals surface area contributed by atoms with Crippen molar-refractivity contribution in [3.05, 3.63) is 87.8 Å². The molecule has 5 heteroatoms. The first-order valence-corrected chi connectivity index (χ1v) is 9.64. The monoisotopic (exact) mass is 374 g/mol. The molecular weight excluding hydrogens is 356 g/mol. The Morgan fingerprint density at radius 2 is 1.74 bits per heavy atom. The highest BCUT2D eigenvalue weighted by molar-refractivity contribution is 7.18. The van der Waals surface area contributed by atoms with Crippen LogP contribution in [0, 0.1) is 0 Å². The number of benzene rings is 2. The van der Waals surface area contributed by atoms with Gasteiger partial charge in [-0.3, -0.25) is 14.2 Å². The number of aryl methyl sites for hydroxylation is 1. The molecule has 0 aliphatic rings. The summed E-state index contributed by atoms with van der Waals surface area (Å²) in [5, 5.41) is 0.589. The first-order chi connectivity index (χ1) is 13.2. The zero-order valence-corrected chi connectivity index (χ0v) is 15.7. The van der Waals surface area contributed by atoms with Crippen molar-refractivity contribution < 1.29 is 4.79 Å². The number of carbonyl (C=O) groups is 1. The molecule has 0 fully saturated rings. The number of hydrogen-bond acceptors (Lipinski definition) is 4. The van der Waals surface area contributed by atoms with Gasteiger partial charge < -0.3 is 0 Å². The van der Waals surface area contributed by atoms with Crippen molar-refractivity contribution in [1.29, 1.82) is 0 Å². The molecular formula is C22H18N2O2S. The topological polar surface area (TPSA) is 52.0 Å². The Labute approximate surface area is 160 Å².